The zero-order valence-corrected chi connectivity index (χ0v) is 20.6. The first kappa shape index (κ1) is 23.1. The number of carbonyl (C=O) groups is 1. The average molecular weight is 399 g/mol. The average Bonchev–Trinajstić information content (AvgIpc) is 2.97. The van der Waals surface area contributed by atoms with Crippen molar-refractivity contribution in [3.8, 4) is 0 Å². The summed E-state index contributed by atoms with van der Waals surface area (Å²) in [7, 11) is 0. The molecule has 4 aliphatic rings. The summed E-state index contributed by atoms with van der Waals surface area (Å²) in [6.07, 6.45) is 12.2. The number of carbonyl (C=O) groups excluding carboxylic acids is 1. The minimum absolute atomic E-state index is 0. The van der Waals surface area contributed by atoms with Crippen molar-refractivity contribution in [1.29, 1.82) is 0 Å². The van der Waals surface area contributed by atoms with Gasteiger partial charge in [-0.3, -0.25) is 0 Å². The van der Waals surface area contributed by atoms with Crippen molar-refractivity contribution in [2.24, 2.45) is 46.3 Å². The van der Waals surface area contributed by atoms with E-state index in [0.717, 1.165) is 42.9 Å². The van der Waals surface area contributed by atoms with Gasteiger partial charge in [-0.1, -0.05) is 20.8 Å². The maximum absolute atomic E-state index is 10.9. The quantitative estimate of drug-likeness (QED) is 0.724. The van der Waals surface area contributed by atoms with Crippen molar-refractivity contribution < 1.29 is 44.6 Å². The number of carboxylic acid groups (broad SMARTS) is 1. The molecule has 0 spiro atoms. The summed E-state index contributed by atoms with van der Waals surface area (Å²) in [6, 6.07) is 0. The van der Waals surface area contributed by atoms with E-state index in [0.29, 0.717) is 22.7 Å². The topological polar surface area (TPSA) is 60.4 Å². The summed E-state index contributed by atoms with van der Waals surface area (Å²) in [6.45, 7) is 7.38. The summed E-state index contributed by atoms with van der Waals surface area (Å²) >= 11 is 0. The molecule has 28 heavy (non-hydrogen) atoms. The van der Waals surface area contributed by atoms with Gasteiger partial charge in [-0.15, -0.1) is 0 Å². The normalized spacial score (nSPS) is 48.6. The Balaban J connectivity index is 0.00000225. The van der Waals surface area contributed by atoms with E-state index < -0.39 is 5.97 Å². The molecule has 154 valence electrons. The Kier molecular flexibility index (Phi) is 7.03. The predicted octanol–water partition coefficient (Wildman–Crippen LogP) is 1.18. The van der Waals surface area contributed by atoms with Crippen LogP contribution in [0, 0.1) is 46.3 Å². The molecule has 0 aliphatic heterocycles. The zero-order valence-electron chi connectivity index (χ0n) is 18.6. The van der Waals surface area contributed by atoms with Gasteiger partial charge in [0.1, 0.15) is 0 Å². The van der Waals surface area contributed by atoms with Crippen LogP contribution in [0.1, 0.15) is 91.4 Å². The third kappa shape index (κ3) is 3.76. The molecule has 4 fully saturated rings. The number of aliphatic hydroxyl groups excluding tert-OH is 1. The van der Waals surface area contributed by atoms with Gasteiger partial charge in [0.25, 0.3) is 0 Å². The molecule has 3 nitrogen and oxygen atoms in total. The van der Waals surface area contributed by atoms with Gasteiger partial charge in [-0.25, -0.2) is 0 Å². The van der Waals surface area contributed by atoms with Crippen LogP contribution in [-0.2, 0) is 4.79 Å². The SMILES string of the molecule is CC(CCC(=O)[O-])[C@H]1CC[C@H]2[C@@H]3CC[C@@H]4C[C@H](O)CC[C@]4(C)[C@H]3CC[C@]12C.[Na+]. The first-order valence-corrected chi connectivity index (χ1v) is 11.6. The predicted molar refractivity (Wildman–Crippen MR) is 105 cm³/mol. The van der Waals surface area contributed by atoms with Crippen LogP contribution in [0.4, 0.5) is 0 Å². The first-order chi connectivity index (χ1) is 12.8. The van der Waals surface area contributed by atoms with Gasteiger partial charge in [-0.05, 0) is 117 Å². The summed E-state index contributed by atoms with van der Waals surface area (Å²) < 4.78 is 0. The van der Waals surface area contributed by atoms with E-state index in [9.17, 15) is 15.0 Å². The van der Waals surface area contributed by atoms with Crippen LogP contribution in [0.15, 0.2) is 0 Å². The van der Waals surface area contributed by atoms with Crippen molar-refractivity contribution in [2.45, 2.75) is 97.5 Å². The van der Waals surface area contributed by atoms with E-state index in [4.69, 9.17) is 0 Å². The van der Waals surface area contributed by atoms with Crippen LogP contribution in [0.3, 0.4) is 0 Å². The standard InChI is InChI=1S/C24H40O3.Na/c1-15(4-9-22(26)27)19-7-8-20-18-6-5-16-14-17(25)10-12-23(16,2)21(18)11-13-24(19,20)3;/h15-21,25H,4-14H2,1-3H3,(H,26,27);/q;+1/p-1/t15?,16-,17-,18+,19-,20+,21+,23+,24-;/m1./s1. The molecule has 0 aromatic carbocycles. The summed E-state index contributed by atoms with van der Waals surface area (Å²) in [4.78, 5) is 10.9. The molecule has 0 aromatic heterocycles. The Hall–Kier alpha value is 0.430. The largest absolute Gasteiger partial charge is 1.00 e. The van der Waals surface area contributed by atoms with Crippen molar-refractivity contribution in [1.82, 2.24) is 0 Å². The zero-order chi connectivity index (χ0) is 19.4. The number of carboxylic acids is 1. The molecule has 4 saturated carbocycles. The van der Waals surface area contributed by atoms with E-state index in [1.807, 2.05) is 0 Å². The monoisotopic (exact) mass is 398 g/mol. The minimum atomic E-state index is -0.893. The Morgan fingerprint density at radius 3 is 2.43 bits per heavy atom. The van der Waals surface area contributed by atoms with Crippen LogP contribution >= 0.6 is 0 Å². The van der Waals surface area contributed by atoms with Crippen molar-refractivity contribution in [3.63, 3.8) is 0 Å². The van der Waals surface area contributed by atoms with E-state index in [1.165, 1.54) is 44.9 Å². The summed E-state index contributed by atoms with van der Waals surface area (Å²) in [5.41, 5.74) is 0.853. The van der Waals surface area contributed by atoms with E-state index in [-0.39, 0.29) is 42.1 Å². The Morgan fingerprint density at radius 1 is 1.04 bits per heavy atom. The molecular formula is C24H39NaO3. The molecule has 9 atom stereocenters. The third-order valence-corrected chi connectivity index (χ3v) is 10.2. The number of fused-ring (bicyclic) bond motifs is 5. The number of hydrogen-bond donors (Lipinski definition) is 1. The first-order valence-electron chi connectivity index (χ1n) is 11.6. The minimum Gasteiger partial charge on any atom is -0.550 e. The molecule has 0 amide bonds. The van der Waals surface area contributed by atoms with Crippen molar-refractivity contribution >= 4 is 5.97 Å². The van der Waals surface area contributed by atoms with Gasteiger partial charge in [0, 0.05) is 5.97 Å². The van der Waals surface area contributed by atoms with Crippen LogP contribution in [0.5, 0.6) is 0 Å². The van der Waals surface area contributed by atoms with Gasteiger partial charge in [0.05, 0.1) is 6.10 Å². The number of aliphatic carboxylic acids is 1. The van der Waals surface area contributed by atoms with E-state index in [1.54, 1.807) is 0 Å². The summed E-state index contributed by atoms with van der Waals surface area (Å²) in [5.74, 6) is 3.55. The number of hydrogen-bond acceptors (Lipinski definition) is 3. The van der Waals surface area contributed by atoms with Crippen LogP contribution < -0.4 is 34.7 Å². The van der Waals surface area contributed by atoms with E-state index in [2.05, 4.69) is 20.8 Å². The van der Waals surface area contributed by atoms with Gasteiger partial charge < -0.3 is 15.0 Å². The summed E-state index contributed by atoms with van der Waals surface area (Å²) in [5, 5.41) is 21.1. The molecule has 0 aromatic rings. The molecule has 1 N–H and O–H groups in total. The third-order valence-electron chi connectivity index (χ3n) is 10.2. The maximum Gasteiger partial charge on any atom is 1.00 e. The molecular weight excluding hydrogens is 359 g/mol. The fourth-order valence-electron chi connectivity index (χ4n) is 8.76. The number of rotatable bonds is 4. The fourth-order valence-corrected chi connectivity index (χ4v) is 8.76. The Bertz CT molecular complexity index is 580. The second-order valence-electron chi connectivity index (χ2n) is 11.2. The molecule has 4 rings (SSSR count). The Labute approximate surface area is 193 Å². The molecule has 4 aliphatic carbocycles. The van der Waals surface area contributed by atoms with Gasteiger partial charge in [-0.2, -0.15) is 0 Å². The molecule has 0 heterocycles. The molecule has 1 unspecified atom stereocenters. The molecule has 0 saturated heterocycles. The van der Waals surface area contributed by atoms with Gasteiger partial charge in [0.2, 0.25) is 0 Å². The van der Waals surface area contributed by atoms with Crippen molar-refractivity contribution in [3.05, 3.63) is 0 Å². The van der Waals surface area contributed by atoms with E-state index >= 15 is 0 Å². The fraction of sp³-hybridized carbons (Fsp3) is 0.958. The van der Waals surface area contributed by atoms with Gasteiger partial charge in [0.15, 0.2) is 0 Å². The Morgan fingerprint density at radius 2 is 1.71 bits per heavy atom. The molecule has 0 radical (unpaired) electrons. The van der Waals surface area contributed by atoms with Crippen molar-refractivity contribution in [2.75, 3.05) is 0 Å². The van der Waals surface area contributed by atoms with Crippen LogP contribution in [0.25, 0.3) is 0 Å². The van der Waals surface area contributed by atoms with Gasteiger partial charge >= 0.3 is 29.6 Å². The molecule has 4 heteroatoms. The van der Waals surface area contributed by atoms with Crippen LogP contribution in [-0.4, -0.2) is 17.2 Å². The van der Waals surface area contributed by atoms with Crippen LogP contribution in [0.2, 0.25) is 0 Å². The smallest absolute Gasteiger partial charge is 0.550 e. The molecule has 0 bridgehead atoms. The second kappa shape index (κ2) is 8.52. The number of aliphatic hydroxyl groups is 1. The maximum atomic E-state index is 10.9. The second-order valence-corrected chi connectivity index (χ2v) is 11.2.